The molecule has 4 rings (SSSR count). The number of ether oxygens (including phenoxy) is 1. The highest BCUT2D eigenvalue weighted by Crippen LogP contribution is 2.30. The Kier molecular flexibility index (Phi) is 8.42. The fourth-order valence-corrected chi connectivity index (χ4v) is 3.53. The van der Waals surface area contributed by atoms with E-state index in [-0.39, 0.29) is 28.6 Å². The molecular formula is C21H21ClF2N4O2S. The molecule has 0 spiro atoms. The first kappa shape index (κ1) is 23.2. The van der Waals surface area contributed by atoms with Crippen LogP contribution in [0.1, 0.15) is 12.8 Å². The Balaban J connectivity index is 0.000000330. The largest absolute Gasteiger partial charge is 0.391 e. The van der Waals surface area contributed by atoms with Gasteiger partial charge in [-0.1, -0.05) is 17.7 Å². The number of nitrogens with zero attached hydrogens (tertiary/aromatic N) is 2. The molecule has 1 aromatic heterocycles. The Morgan fingerprint density at radius 2 is 1.97 bits per heavy atom. The maximum atomic E-state index is 14.3. The van der Waals surface area contributed by atoms with Crippen molar-refractivity contribution in [2.75, 3.05) is 23.7 Å². The monoisotopic (exact) mass is 466 g/mol. The highest BCUT2D eigenvalue weighted by atomic mass is 35.5. The van der Waals surface area contributed by atoms with Crippen LogP contribution < -0.4 is 10.5 Å². The van der Waals surface area contributed by atoms with Gasteiger partial charge in [-0.3, -0.25) is 0 Å². The van der Waals surface area contributed by atoms with Gasteiger partial charge in [-0.05, 0) is 61.2 Å². The molecule has 2 heterocycles. The molecule has 1 aliphatic rings. The number of benzene rings is 2. The minimum atomic E-state index is -0.477. The molecule has 1 saturated heterocycles. The third-order valence-corrected chi connectivity index (χ3v) is 5.34. The molecule has 0 saturated carbocycles. The molecule has 1 aliphatic heterocycles. The van der Waals surface area contributed by atoms with Gasteiger partial charge in [-0.25, -0.2) is 18.7 Å². The van der Waals surface area contributed by atoms with Crippen LogP contribution in [-0.2, 0) is 4.74 Å². The molecule has 6 nitrogen and oxygen atoms in total. The summed E-state index contributed by atoms with van der Waals surface area (Å²) >= 11 is 7.20. The average Bonchev–Trinajstić information content (AvgIpc) is 2.77. The summed E-state index contributed by atoms with van der Waals surface area (Å²) in [5, 5.41) is 9.07. The SMILES string of the molecule is Nc1ncc(Cl)c(-c2ccc(NSc3ccc(F)cc3)c(F)c2)n1.OC1CCCOC1. The number of aliphatic hydroxyl groups excluding tert-OH is 1. The van der Waals surface area contributed by atoms with Gasteiger partial charge in [-0.15, -0.1) is 0 Å². The number of aliphatic hydroxyl groups is 1. The lowest BCUT2D eigenvalue weighted by Gasteiger charge is -2.15. The minimum absolute atomic E-state index is 0.0591. The number of halogens is 3. The first-order valence-corrected chi connectivity index (χ1v) is 10.6. The second-order valence-corrected chi connectivity index (χ2v) is 7.94. The molecule has 164 valence electrons. The highest BCUT2D eigenvalue weighted by Gasteiger charge is 2.11. The van der Waals surface area contributed by atoms with Gasteiger partial charge in [0.25, 0.3) is 0 Å². The van der Waals surface area contributed by atoms with Crippen molar-refractivity contribution in [3.05, 3.63) is 65.3 Å². The number of nitrogens with one attached hydrogen (secondary N) is 1. The zero-order chi connectivity index (χ0) is 22.2. The Morgan fingerprint density at radius 3 is 2.58 bits per heavy atom. The third kappa shape index (κ3) is 7.03. The van der Waals surface area contributed by atoms with Gasteiger partial charge in [0.15, 0.2) is 0 Å². The van der Waals surface area contributed by atoms with Crippen molar-refractivity contribution >= 4 is 35.2 Å². The summed E-state index contributed by atoms with van der Waals surface area (Å²) < 4.78 is 35.0. The van der Waals surface area contributed by atoms with Crippen LogP contribution in [0.3, 0.4) is 0 Å². The van der Waals surface area contributed by atoms with E-state index in [9.17, 15) is 8.78 Å². The Bertz CT molecular complexity index is 1010. The molecule has 31 heavy (non-hydrogen) atoms. The molecular weight excluding hydrogens is 446 g/mol. The highest BCUT2D eigenvalue weighted by molar-refractivity contribution is 8.00. The van der Waals surface area contributed by atoms with E-state index in [2.05, 4.69) is 14.7 Å². The predicted octanol–water partition coefficient (Wildman–Crippen LogP) is 4.93. The molecule has 4 N–H and O–H groups in total. The van der Waals surface area contributed by atoms with Gasteiger partial charge in [0.2, 0.25) is 5.95 Å². The van der Waals surface area contributed by atoms with E-state index in [0.29, 0.717) is 17.9 Å². The van der Waals surface area contributed by atoms with E-state index in [0.717, 1.165) is 24.3 Å². The number of aromatic nitrogens is 2. The molecule has 3 aromatic rings. The van der Waals surface area contributed by atoms with Crippen LogP contribution in [0.4, 0.5) is 20.4 Å². The lowest BCUT2D eigenvalue weighted by Crippen LogP contribution is -2.21. The predicted molar refractivity (Wildman–Crippen MR) is 119 cm³/mol. The van der Waals surface area contributed by atoms with Crippen LogP contribution in [0.2, 0.25) is 5.02 Å². The van der Waals surface area contributed by atoms with Crippen LogP contribution in [0.25, 0.3) is 11.3 Å². The molecule has 1 unspecified atom stereocenters. The summed E-state index contributed by atoms with van der Waals surface area (Å²) in [5.41, 5.74) is 6.67. The fourth-order valence-electron chi connectivity index (χ4n) is 2.67. The van der Waals surface area contributed by atoms with Crippen molar-refractivity contribution in [3.63, 3.8) is 0 Å². The molecule has 1 fully saturated rings. The number of hydrogen-bond acceptors (Lipinski definition) is 7. The number of nitrogen functional groups attached to an aromatic ring is 1. The van der Waals surface area contributed by atoms with Gasteiger partial charge >= 0.3 is 0 Å². The molecule has 0 radical (unpaired) electrons. The van der Waals surface area contributed by atoms with E-state index >= 15 is 0 Å². The van der Waals surface area contributed by atoms with Crippen molar-refractivity contribution in [2.45, 2.75) is 23.8 Å². The number of hydrogen-bond donors (Lipinski definition) is 3. The standard InChI is InChI=1S/C16H11ClF2N4S.C5H10O2/c17-12-8-21-16(20)22-15(12)9-1-6-14(13(19)7-9)23-24-11-4-2-10(18)3-5-11;6-5-2-1-3-7-4-5/h1-8,23H,(H2,20,21,22);5-6H,1-4H2. The van der Waals surface area contributed by atoms with Crippen LogP contribution in [0.15, 0.2) is 53.6 Å². The van der Waals surface area contributed by atoms with E-state index in [1.807, 2.05) is 0 Å². The number of nitrogens with two attached hydrogens (primary N) is 1. The normalized spacial score (nSPS) is 15.7. The van der Waals surface area contributed by atoms with Crippen LogP contribution >= 0.6 is 23.5 Å². The summed E-state index contributed by atoms with van der Waals surface area (Å²) in [7, 11) is 0. The molecule has 1 atom stereocenters. The van der Waals surface area contributed by atoms with E-state index in [1.54, 1.807) is 24.3 Å². The molecule has 2 aromatic carbocycles. The molecule has 0 bridgehead atoms. The second-order valence-electron chi connectivity index (χ2n) is 6.65. The maximum Gasteiger partial charge on any atom is 0.220 e. The zero-order valence-electron chi connectivity index (χ0n) is 16.4. The average molecular weight is 467 g/mol. The fraction of sp³-hybridized carbons (Fsp3) is 0.238. The van der Waals surface area contributed by atoms with E-state index < -0.39 is 5.82 Å². The van der Waals surface area contributed by atoms with Gasteiger partial charge < -0.3 is 20.3 Å². The maximum absolute atomic E-state index is 14.3. The van der Waals surface area contributed by atoms with Gasteiger partial charge in [0, 0.05) is 17.1 Å². The lowest BCUT2D eigenvalue weighted by molar-refractivity contribution is -0.00535. The Hall–Kier alpha value is -2.46. The van der Waals surface area contributed by atoms with Crippen LogP contribution in [0, 0.1) is 11.6 Å². The van der Waals surface area contributed by atoms with E-state index in [1.165, 1.54) is 36.3 Å². The Morgan fingerprint density at radius 1 is 1.19 bits per heavy atom. The van der Waals surface area contributed by atoms with Crippen molar-refractivity contribution < 1.29 is 18.6 Å². The first-order chi connectivity index (χ1) is 14.9. The summed E-state index contributed by atoms with van der Waals surface area (Å²) in [4.78, 5) is 8.55. The minimum Gasteiger partial charge on any atom is -0.391 e. The number of anilines is 2. The van der Waals surface area contributed by atoms with Gasteiger partial charge in [0.05, 0.1) is 35.3 Å². The first-order valence-electron chi connectivity index (χ1n) is 9.44. The number of rotatable bonds is 4. The lowest BCUT2D eigenvalue weighted by atomic mass is 10.1. The topological polar surface area (TPSA) is 93.3 Å². The Labute approximate surface area is 187 Å². The van der Waals surface area contributed by atoms with Crippen molar-refractivity contribution in [3.8, 4) is 11.3 Å². The third-order valence-electron chi connectivity index (χ3n) is 4.23. The van der Waals surface area contributed by atoms with Crippen LogP contribution in [-0.4, -0.2) is 34.4 Å². The van der Waals surface area contributed by atoms with Gasteiger partial charge in [0.1, 0.15) is 11.6 Å². The summed E-state index contributed by atoms with van der Waals surface area (Å²) in [6, 6.07) is 10.4. The van der Waals surface area contributed by atoms with E-state index in [4.69, 9.17) is 27.2 Å². The summed E-state index contributed by atoms with van der Waals surface area (Å²) in [6.45, 7) is 1.37. The van der Waals surface area contributed by atoms with Crippen molar-refractivity contribution in [1.82, 2.24) is 9.97 Å². The molecule has 10 heteroatoms. The zero-order valence-corrected chi connectivity index (χ0v) is 18.0. The van der Waals surface area contributed by atoms with Gasteiger partial charge in [-0.2, -0.15) is 0 Å². The molecule has 0 amide bonds. The second kappa shape index (κ2) is 11.2. The smallest absolute Gasteiger partial charge is 0.220 e. The molecule has 0 aliphatic carbocycles. The summed E-state index contributed by atoms with van der Waals surface area (Å²) in [5.74, 6) is -0.741. The van der Waals surface area contributed by atoms with Crippen LogP contribution in [0.5, 0.6) is 0 Å². The van der Waals surface area contributed by atoms with Crippen molar-refractivity contribution in [2.24, 2.45) is 0 Å². The quantitative estimate of drug-likeness (QED) is 0.469. The summed E-state index contributed by atoms with van der Waals surface area (Å²) in [6.07, 6.45) is 3.11. The van der Waals surface area contributed by atoms with Crippen molar-refractivity contribution in [1.29, 1.82) is 0 Å².